The van der Waals surface area contributed by atoms with Crippen molar-refractivity contribution in [2.75, 3.05) is 0 Å². The quantitative estimate of drug-likeness (QED) is 0.763. The lowest BCUT2D eigenvalue weighted by Gasteiger charge is -2.15. The predicted octanol–water partition coefficient (Wildman–Crippen LogP) is 4.65. The average molecular weight is 422 g/mol. The molecule has 0 aliphatic heterocycles. The molecule has 3 nitrogen and oxygen atoms in total. The highest BCUT2D eigenvalue weighted by Crippen LogP contribution is 2.30. The Morgan fingerprint density at radius 2 is 1.79 bits per heavy atom. The normalized spacial score (nSPS) is 13.7. The summed E-state index contributed by atoms with van der Waals surface area (Å²) in [5, 5.41) is 0. The first-order chi connectivity index (χ1) is 11.1. The van der Waals surface area contributed by atoms with Crippen LogP contribution in [0.4, 0.5) is 13.2 Å². The van der Waals surface area contributed by atoms with E-state index in [-0.39, 0.29) is 5.56 Å². The van der Waals surface area contributed by atoms with Gasteiger partial charge < -0.3 is 0 Å². The van der Waals surface area contributed by atoms with E-state index in [2.05, 4.69) is 20.7 Å². The lowest BCUT2D eigenvalue weighted by molar-refractivity contribution is -0.137. The molecule has 8 heteroatoms. The number of hydrogen-bond acceptors (Lipinski definition) is 2. The summed E-state index contributed by atoms with van der Waals surface area (Å²) in [7, 11) is -3.79. The second-order valence-electron chi connectivity index (χ2n) is 5.35. The maximum absolute atomic E-state index is 12.7. The van der Waals surface area contributed by atoms with E-state index in [0.717, 1.165) is 22.2 Å². The van der Waals surface area contributed by atoms with Crippen LogP contribution < -0.4 is 4.72 Å². The third-order valence-corrected chi connectivity index (χ3v) is 5.24. The van der Waals surface area contributed by atoms with Crippen LogP contribution in [-0.4, -0.2) is 8.42 Å². The summed E-state index contributed by atoms with van der Waals surface area (Å²) < 4.78 is 65.8. The van der Waals surface area contributed by atoms with Crippen LogP contribution >= 0.6 is 15.9 Å². The molecular formula is C16H15BrF3NO2S. The fourth-order valence-corrected chi connectivity index (χ4v) is 4.01. The summed E-state index contributed by atoms with van der Waals surface area (Å²) in [6.45, 7) is 1.67. The van der Waals surface area contributed by atoms with Gasteiger partial charge >= 0.3 is 6.18 Å². The van der Waals surface area contributed by atoms with Crippen molar-refractivity contribution < 1.29 is 21.6 Å². The molecule has 0 radical (unpaired) electrons. The molecule has 24 heavy (non-hydrogen) atoms. The highest BCUT2D eigenvalue weighted by atomic mass is 79.9. The Hall–Kier alpha value is -1.38. The number of hydrogen-bond donors (Lipinski definition) is 1. The molecule has 0 spiro atoms. The number of benzene rings is 2. The average Bonchev–Trinajstić information content (AvgIpc) is 2.45. The third kappa shape index (κ3) is 5.32. The van der Waals surface area contributed by atoms with E-state index in [0.29, 0.717) is 0 Å². The SMILES string of the molecule is C[C@@H](NS(=O)(=O)Cc1cccc(C(F)(F)F)c1)c1cccc(Br)c1. The molecule has 0 unspecified atom stereocenters. The Kier molecular flexibility index (Phi) is 5.72. The van der Waals surface area contributed by atoms with E-state index in [4.69, 9.17) is 0 Å². The molecule has 0 aliphatic carbocycles. The van der Waals surface area contributed by atoms with Gasteiger partial charge in [-0.15, -0.1) is 0 Å². The zero-order chi connectivity index (χ0) is 18.0. The van der Waals surface area contributed by atoms with Crippen molar-refractivity contribution in [2.45, 2.75) is 24.9 Å². The first kappa shape index (κ1) is 19.0. The van der Waals surface area contributed by atoms with Crippen LogP contribution in [0, 0.1) is 0 Å². The molecule has 0 heterocycles. The van der Waals surface area contributed by atoms with Gasteiger partial charge in [0.05, 0.1) is 11.3 Å². The van der Waals surface area contributed by atoms with E-state index in [1.807, 2.05) is 6.07 Å². The Morgan fingerprint density at radius 1 is 1.12 bits per heavy atom. The fraction of sp³-hybridized carbons (Fsp3) is 0.250. The van der Waals surface area contributed by atoms with Gasteiger partial charge in [-0.2, -0.15) is 13.2 Å². The van der Waals surface area contributed by atoms with Gasteiger partial charge in [-0.3, -0.25) is 0 Å². The number of rotatable bonds is 5. The monoisotopic (exact) mass is 421 g/mol. The maximum Gasteiger partial charge on any atom is 0.416 e. The van der Waals surface area contributed by atoms with Gasteiger partial charge in [-0.05, 0) is 36.2 Å². The second kappa shape index (κ2) is 7.25. The molecule has 1 N–H and O–H groups in total. The minimum atomic E-state index is -4.50. The van der Waals surface area contributed by atoms with Gasteiger partial charge in [0, 0.05) is 10.5 Å². The Morgan fingerprint density at radius 3 is 2.42 bits per heavy atom. The molecule has 2 aromatic rings. The van der Waals surface area contributed by atoms with Gasteiger partial charge in [0.15, 0.2) is 0 Å². The van der Waals surface area contributed by atoms with E-state index in [1.165, 1.54) is 12.1 Å². The number of sulfonamides is 1. The second-order valence-corrected chi connectivity index (χ2v) is 8.02. The molecule has 0 bridgehead atoms. The summed E-state index contributed by atoms with van der Waals surface area (Å²) in [5.41, 5.74) is -0.0361. The van der Waals surface area contributed by atoms with Gasteiger partial charge in [-0.25, -0.2) is 13.1 Å². The lowest BCUT2D eigenvalue weighted by Crippen LogP contribution is -2.28. The Bertz CT molecular complexity index is 822. The topological polar surface area (TPSA) is 46.2 Å². The molecular weight excluding hydrogens is 407 g/mol. The van der Waals surface area contributed by atoms with E-state index >= 15 is 0 Å². The van der Waals surface area contributed by atoms with Crippen LogP contribution in [0.25, 0.3) is 0 Å². The van der Waals surface area contributed by atoms with Crippen LogP contribution in [0.5, 0.6) is 0 Å². The van der Waals surface area contributed by atoms with Crippen molar-refractivity contribution in [3.63, 3.8) is 0 Å². The van der Waals surface area contributed by atoms with Crippen molar-refractivity contribution in [2.24, 2.45) is 0 Å². The van der Waals surface area contributed by atoms with Gasteiger partial charge in [-0.1, -0.05) is 46.3 Å². The molecule has 0 aliphatic rings. The van der Waals surface area contributed by atoms with Crippen molar-refractivity contribution in [3.05, 3.63) is 69.7 Å². The van der Waals surface area contributed by atoms with E-state index < -0.39 is 33.6 Å². The summed E-state index contributed by atoms with van der Waals surface area (Å²) >= 11 is 3.31. The predicted molar refractivity (Wildman–Crippen MR) is 89.8 cm³/mol. The largest absolute Gasteiger partial charge is 0.416 e. The molecule has 0 fully saturated rings. The molecule has 0 saturated heterocycles. The van der Waals surface area contributed by atoms with Crippen LogP contribution in [-0.2, 0) is 22.0 Å². The van der Waals surface area contributed by atoms with Crippen LogP contribution in [0.15, 0.2) is 53.0 Å². The Balaban J connectivity index is 2.14. The smallest absolute Gasteiger partial charge is 0.212 e. The Labute approximate surface area is 147 Å². The van der Waals surface area contributed by atoms with Crippen molar-refractivity contribution in [1.29, 1.82) is 0 Å². The molecule has 2 aromatic carbocycles. The molecule has 130 valence electrons. The third-order valence-electron chi connectivity index (χ3n) is 3.32. The fourth-order valence-electron chi connectivity index (χ4n) is 2.21. The van der Waals surface area contributed by atoms with Crippen molar-refractivity contribution >= 4 is 26.0 Å². The minimum Gasteiger partial charge on any atom is -0.212 e. The van der Waals surface area contributed by atoms with E-state index in [9.17, 15) is 21.6 Å². The standard InChI is InChI=1S/C16H15BrF3NO2S/c1-11(13-5-3-7-15(17)9-13)21-24(22,23)10-12-4-2-6-14(8-12)16(18,19)20/h2-9,11,21H,10H2,1H3/t11-/m1/s1. The summed E-state index contributed by atoms with van der Waals surface area (Å²) in [5.74, 6) is -0.519. The molecule has 0 amide bonds. The number of halogens is 4. The van der Waals surface area contributed by atoms with Crippen LogP contribution in [0.2, 0.25) is 0 Å². The molecule has 1 atom stereocenters. The van der Waals surface area contributed by atoms with Gasteiger partial charge in [0.25, 0.3) is 0 Å². The van der Waals surface area contributed by atoms with Crippen molar-refractivity contribution in [1.82, 2.24) is 4.72 Å². The number of alkyl halides is 3. The molecule has 0 aromatic heterocycles. The maximum atomic E-state index is 12.7. The first-order valence-corrected chi connectivity index (χ1v) is 9.43. The van der Waals surface area contributed by atoms with Gasteiger partial charge in [0.1, 0.15) is 0 Å². The highest BCUT2D eigenvalue weighted by molar-refractivity contribution is 9.10. The molecule has 0 saturated carbocycles. The lowest BCUT2D eigenvalue weighted by atomic mass is 10.1. The van der Waals surface area contributed by atoms with Gasteiger partial charge in [0.2, 0.25) is 10.0 Å². The molecule has 2 rings (SSSR count). The summed E-state index contributed by atoms with van der Waals surface area (Å²) in [6, 6.07) is 10.9. The van der Waals surface area contributed by atoms with Crippen LogP contribution in [0.3, 0.4) is 0 Å². The van der Waals surface area contributed by atoms with Crippen LogP contribution in [0.1, 0.15) is 29.7 Å². The van der Waals surface area contributed by atoms with Crippen molar-refractivity contribution in [3.8, 4) is 0 Å². The number of nitrogens with one attached hydrogen (secondary N) is 1. The summed E-state index contributed by atoms with van der Waals surface area (Å²) in [4.78, 5) is 0. The highest BCUT2D eigenvalue weighted by Gasteiger charge is 2.30. The zero-order valence-electron chi connectivity index (χ0n) is 12.6. The zero-order valence-corrected chi connectivity index (χ0v) is 15.0. The minimum absolute atomic E-state index is 0.0822. The first-order valence-electron chi connectivity index (χ1n) is 6.98. The summed E-state index contributed by atoms with van der Waals surface area (Å²) in [6.07, 6.45) is -4.50. The van der Waals surface area contributed by atoms with E-state index in [1.54, 1.807) is 25.1 Å².